The van der Waals surface area contributed by atoms with Crippen molar-refractivity contribution in [2.75, 3.05) is 39.4 Å². The molecule has 2 aromatic carbocycles. The highest BCUT2D eigenvalue weighted by Crippen LogP contribution is 2.12. The van der Waals surface area contributed by atoms with E-state index in [4.69, 9.17) is 4.74 Å². The average Bonchev–Trinajstić information content (AvgIpc) is 2.79. The SMILES string of the molecule is O=C1CN(Cc2ccc(C#Cc3ccc(CN4CCOCC4)cc3)cc2)C(=O)CN1O. The third kappa shape index (κ3) is 5.70. The van der Waals surface area contributed by atoms with E-state index in [1.807, 2.05) is 36.4 Å². The summed E-state index contributed by atoms with van der Waals surface area (Å²) in [5.74, 6) is 5.60. The van der Waals surface area contributed by atoms with Gasteiger partial charge in [-0.1, -0.05) is 36.1 Å². The van der Waals surface area contributed by atoms with E-state index < -0.39 is 5.91 Å². The molecule has 2 aromatic rings. The van der Waals surface area contributed by atoms with E-state index in [1.165, 1.54) is 10.5 Å². The van der Waals surface area contributed by atoms with Crippen LogP contribution in [0.3, 0.4) is 0 Å². The molecule has 0 unspecified atom stereocenters. The Morgan fingerprint density at radius 3 is 1.90 bits per heavy atom. The largest absolute Gasteiger partial charge is 0.379 e. The van der Waals surface area contributed by atoms with Gasteiger partial charge in [-0.25, -0.2) is 5.06 Å². The standard InChI is InChI=1S/C24H25N3O4/c28-23-18-27(30)24(29)17-26(23)16-22-9-5-20(6-10-22)2-1-19-3-7-21(8-4-19)15-25-11-13-31-14-12-25/h3-10,30H,11-18H2. The molecule has 2 heterocycles. The van der Waals surface area contributed by atoms with Crippen LogP contribution in [0.2, 0.25) is 0 Å². The number of hydrogen-bond acceptors (Lipinski definition) is 5. The summed E-state index contributed by atoms with van der Waals surface area (Å²) in [4.78, 5) is 27.4. The van der Waals surface area contributed by atoms with Crippen LogP contribution >= 0.6 is 0 Å². The zero-order chi connectivity index (χ0) is 21.6. The first-order valence-corrected chi connectivity index (χ1v) is 10.3. The summed E-state index contributed by atoms with van der Waals surface area (Å²) in [6.45, 7) is 4.40. The summed E-state index contributed by atoms with van der Waals surface area (Å²) in [5, 5.41) is 9.79. The fraction of sp³-hybridized carbons (Fsp3) is 0.333. The lowest BCUT2D eigenvalue weighted by Crippen LogP contribution is -2.51. The molecule has 7 heteroatoms. The lowest BCUT2D eigenvalue weighted by Gasteiger charge is -2.30. The van der Waals surface area contributed by atoms with Gasteiger partial charge < -0.3 is 9.64 Å². The van der Waals surface area contributed by atoms with E-state index in [9.17, 15) is 14.8 Å². The minimum Gasteiger partial charge on any atom is -0.379 e. The number of carbonyl (C=O) groups is 2. The van der Waals surface area contributed by atoms with Gasteiger partial charge >= 0.3 is 0 Å². The highest BCUT2D eigenvalue weighted by atomic mass is 16.5. The number of amides is 2. The van der Waals surface area contributed by atoms with Gasteiger partial charge in [-0.3, -0.25) is 19.7 Å². The minimum atomic E-state index is -0.474. The second kappa shape index (κ2) is 9.75. The number of ether oxygens (including phenoxy) is 1. The molecule has 0 spiro atoms. The molecular weight excluding hydrogens is 394 g/mol. The van der Waals surface area contributed by atoms with Gasteiger partial charge in [0.2, 0.25) is 5.91 Å². The Hall–Kier alpha value is -3.18. The van der Waals surface area contributed by atoms with E-state index in [0.29, 0.717) is 11.6 Å². The highest BCUT2D eigenvalue weighted by molar-refractivity contribution is 5.91. The number of nitrogens with zero attached hydrogens (tertiary/aromatic N) is 3. The molecule has 0 radical (unpaired) electrons. The lowest BCUT2D eigenvalue weighted by molar-refractivity contribution is -0.181. The molecule has 1 N–H and O–H groups in total. The monoisotopic (exact) mass is 419 g/mol. The van der Waals surface area contributed by atoms with Crippen LogP contribution in [-0.4, -0.2) is 71.3 Å². The predicted octanol–water partition coefficient (Wildman–Crippen LogP) is 1.48. The van der Waals surface area contributed by atoms with Crippen LogP contribution < -0.4 is 0 Å². The maximum Gasteiger partial charge on any atom is 0.266 e. The molecule has 0 saturated carbocycles. The van der Waals surface area contributed by atoms with Gasteiger partial charge in [0.05, 0.1) is 13.2 Å². The van der Waals surface area contributed by atoms with Gasteiger partial charge in [-0.15, -0.1) is 0 Å². The van der Waals surface area contributed by atoms with Crippen LogP contribution in [0.5, 0.6) is 0 Å². The second-order valence-corrected chi connectivity index (χ2v) is 7.73. The normalized spacial score (nSPS) is 17.5. The molecule has 4 rings (SSSR count). The van der Waals surface area contributed by atoms with Gasteiger partial charge in [-0.05, 0) is 35.4 Å². The molecule has 31 heavy (non-hydrogen) atoms. The van der Waals surface area contributed by atoms with Crippen molar-refractivity contribution in [3.8, 4) is 11.8 Å². The van der Waals surface area contributed by atoms with Gasteiger partial charge in [-0.2, -0.15) is 0 Å². The van der Waals surface area contributed by atoms with E-state index in [-0.39, 0.29) is 19.0 Å². The summed E-state index contributed by atoms with van der Waals surface area (Å²) >= 11 is 0. The zero-order valence-corrected chi connectivity index (χ0v) is 17.3. The third-order valence-corrected chi connectivity index (χ3v) is 5.39. The lowest BCUT2D eigenvalue weighted by atomic mass is 10.1. The van der Waals surface area contributed by atoms with Gasteiger partial charge in [0.1, 0.15) is 13.1 Å². The number of hydroxylamine groups is 2. The number of morpholine rings is 1. The van der Waals surface area contributed by atoms with Crippen molar-refractivity contribution in [3.05, 3.63) is 70.8 Å². The Bertz CT molecular complexity index is 986. The van der Waals surface area contributed by atoms with Crippen LogP contribution in [0.25, 0.3) is 0 Å². The predicted molar refractivity (Wildman–Crippen MR) is 114 cm³/mol. The molecule has 0 aliphatic carbocycles. The highest BCUT2D eigenvalue weighted by Gasteiger charge is 2.28. The number of rotatable bonds is 4. The van der Waals surface area contributed by atoms with Crippen molar-refractivity contribution in [3.63, 3.8) is 0 Å². The van der Waals surface area contributed by atoms with Gasteiger partial charge in [0.25, 0.3) is 5.91 Å². The summed E-state index contributed by atoms with van der Waals surface area (Å²) in [6.07, 6.45) is 0. The van der Waals surface area contributed by atoms with Crippen LogP contribution in [-0.2, 0) is 27.4 Å². The maximum absolute atomic E-state index is 12.0. The molecule has 160 valence electrons. The van der Waals surface area contributed by atoms with Gasteiger partial charge in [0.15, 0.2) is 0 Å². The van der Waals surface area contributed by atoms with Crippen LogP contribution in [0.4, 0.5) is 0 Å². The minimum absolute atomic E-state index is 0.113. The third-order valence-electron chi connectivity index (χ3n) is 5.39. The first-order valence-electron chi connectivity index (χ1n) is 10.3. The second-order valence-electron chi connectivity index (χ2n) is 7.73. The smallest absolute Gasteiger partial charge is 0.266 e. The summed E-state index contributed by atoms with van der Waals surface area (Å²) in [6, 6.07) is 15.9. The molecule has 0 aromatic heterocycles. The summed E-state index contributed by atoms with van der Waals surface area (Å²) < 4.78 is 5.39. The molecule has 2 aliphatic heterocycles. The van der Waals surface area contributed by atoms with E-state index in [2.05, 4.69) is 28.9 Å². The summed E-state index contributed by atoms with van der Waals surface area (Å²) in [5.41, 5.74) is 4.02. The topological polar surface area (TPSA) is 73.3 Å². The molecular formula is C24H25N3O4. The van der Waals surface area contributed by atoms with Crippen molar-refractivity contribution < 1.29 is 19.5 Å². The van der Waals surface area contributed by atoms with Crippen molar-refractivity contribution in [1.29, 1.82) is 0 Å². The van der Waals surface area contributed by atoms with Crippen LogP contribution in [0, 0.1) is 11.8 Å². The fourth-order valence-corrected chi connectivity index (χ4v) is 3.56. The van der Waals surface area contributed by atoms with Crippen molar-refractivity contribution in [2.45, 2.75) is 13.1 Å². The van der Waals surface area contributed by atoms with Crippen LogP contribution in [0.1, 0.15) is 22.3 Å². The number of hydrogen-bond donors (Lipinski definition) is 1. The number of piperazine rings is 1. The van der Waals surface area contributed by atoms with Crippen LogP contribution in [0.15, 0.2) is 48.5 Å². The molecule has 2 fully saturated rings. The molecule has 2 saturated heterocycles. The molecule has 0 atom stereocenters. The quantitative estimate of drug-likeness (QED) is 0.600. The van der Waals surface area contributed by atoms with Crippen molar-refractivity contribution in [1.82, 2.24) is 14.9 Å². The average molecular weight is 419 g/mol. The van der Waals surface area contributed by atoms with E-state index >= 15 is 0 Å². The Morgan fingerprint density at radius 2 is 1.32 bits per heavy atom. The van der Waals surface area contributed by atoms with Gasteiger partial charge in [0, 0.05) is 37.3 Å². The molecule has 2 aliphatic rings. The fourth-order valence-electron chi connectivity index (χ4n) is 3.56. The summed E-state index contributed by atoms with van der Waals surface area (Å²) in [7, 11) is 0. The first-order chi connectivity index (χ1) is 15.1. The van der Waals surface area contributed by atoms with E-state index in [0.717, 1.165) is 49.5 Å². The zero-order valence-electron chi connectivity index (χ0n) is 17.3. The molecule has 2 amide bonds. The van der Waals surface area contributed by atoms with Crippen molar-refractivity contribution >= 4 is 11.8 Å². The first kappa shape index (κ1) is 21.1. The Balaban J connectivity index is 1.33. The Morgan fingerprint density at radius 1 is 0.774 bits per heavy atom. The number of carbonyl (C=O) groups excluding carboxylic acids is 2. The Labute approximate surface area is 181 Å². The maximum atomic E-state index is 12.0. The van der Waals surface area contributed by atoms with Crippen molar-refractivity contribution in [2.24, 2.45) is 0 Å². The molecule has 7 nitrogen and oxygen atoms in total. The number of benzene rings is 2. The molecule has 0 bridgehead atoms. The Kier molecular flexibility index (Phi) is 6.63. The van der Waals surface area contributed by atoms with E-state index in [1.54, 1.807) is 0 Å².